The number of benzene rings is 1. The second-order valence-corrected chi connectivity index (χ2v) is 5.46. The van der Waals surface area contributed by atoms with Gasteiger partial charge in [-0.2, -0.15) is 0 Å². The molecule has 0 aromatic heterocycles. The zero-order chi connectivity index (χ0) is 14.4. The molecule has 20 heavy (non-hydrogen) atoms. The Kier molecular flexibility index (Phi) is 5.86. The number of ether oxygens (including phenoxy) is 2. The molecule has 0 radical (unpaired) electrons. The number of nitrogens with one attached hydrogen (secondary N) is 1. The van der Waals surface area contributed by atoms with E-state index in [-0.39, 0.29) is 0 Å². The molecule has 1 aromatic rings. The van der Waals surface area contributed by atoms with Crippen molar-refractivity contribution < 1.29 is 9.47 Å². The lowest BCUT2D eigenvalue weighted by molar-refractivity contribution is 0.0534. The van der Waals surface area contributed by atoms with Crippen LogP contribution < -0.4 is 10.1 Å². The summed E-state index contributed by atoms with van der Waals surface area (Å²) in [6.45, 7) is 9.80. The Hall–Kier alpha value is -1.06. The molecule has 0 saturated carbocycles. The minimum Gasteiger partial charge on any atom is -0.494 e. The van der Waals surface area contributed by atoms with Crippen molar-refractivity contribution in [3.8, 4) is 5.75 Å². The number of hydrogen-bond acceptors (Lipinski definition) is 3. The summed E-state index contributed by atoms with van der Waals surface area (Å²) in [7, 11) is 0. The normalized spacial score (nSPS) is 17.9. The van der Waals surface area contributed by atoms with Gasteiger partial charge in [-0.05, 0) is 45.2 Å². The van der Waals surface area contributed by atoms with E-state index in [0.717, 1.165) is 38.3 Å². The van der Waals surface area contributed by atoms with E-state index >= 15 is 0 Å². The van der Waals surface area contributed by atoms with Crippen LogP contribution in [0.4, 0.5) is 0 Å². The van der Waals surface area contributed by atoms with E-state index in [1.807, 2.05) is 6.92 Å². The van der Waals surface area contributed by atoms with Crippen molar-refractivity contribution in [2.75, 3.05) is 26.4 Å². The Labute approximate surface area is 122 Å². The minimum absolute atomic E-state index is 0.366. The summed E-state index contributed by atoms with van der Waals surface area (Å²) in [5.41, 5.74) is 2.60. The molecule has 3 heteroatoms. The van der Waals surface area contributed by atoms with Gasteiger partial charge in [-0.1, -0.05) is 24.6 Å². The van der Waals surface area contributed by atoms with Crippen LogP contribution in [0.2, 0.25) is 0 Å². The van der Waals surface area contributed by atoms with E-state index in [1.165, 1.54) is 11.1 Å². The summed E-state index contributed by atoms with van der Waals surface area (Å²) in [5.74, 6) is 1.65. The zero-order valence-electron chi connectivity index (χ0n) is 12.9. The van der Waals surface area contributed by atoms with Gasteiger partial charge in [0.1, 0.15) is 5.75 Å². The van der Waals surface area contributed by atoms with E-state index < -0.39 is 0 Å². The molecule has 0 spiro atoms. The maximum atomic E-state index is 5.84. The second kappa shape index (κ2) is 7.65. The highest BCUT2D eigenvalue weighted by Crippen LogP contribution is 2.35. The van der Waals surface area contributed by atoms with E-state index in [4.69, 9.17) is 9.47 Å². The molecule has 1 fully saturated rings. The van der Waals surface area contributed by atoms with Crippen LogP contribution in [0.5, 0.6) is 5.75 Å². The number of hydrogen-bond donors (Lipinski definition) is 1. The van der Waals surface area contributed by atoms with Crippen LogP contribution in [0.25, 0.3) is 0 Å². The Morgan fingerprint density at radius 3 is 2.70 bits per heavy atom. The van der Waals surface area contributed by atoms with Crippen molar-refractivity contribution in [3.63, 3.8) is 0 Å². The Morgan fingerprint density at radius 2 is 2.05 bits per heavy atom. The second-order valence-electron chi connectivity index (χ2n) is 5.46. The predicted molar refractivity (Wildman–Crippen MR) is 82.3 cm³/mol. The van der Waals surface area contributed by atoms with E-state index in [9.17, 15) is 0 Å². The van der Waals surface area contributed by atoms with Gasteiger partial charge in [0.05, 0.1) is 6.61 Å². The van der Waals surface area contributed by atoms with Crippen LogP contribution in [0, 0.1) is 12.8 Å². The van der Waals surface area contributed by atoms with Gasteiger partial charge in [0.25, 0.3) is 0 Å². The first-order valence-electron chi connectivity index (χ1n) is 7.80. The van der Waals surface area contributed by atoms with Gasteiger partial charge in [-0.15, -0.1) is 0 Å². The van der Waals surface area contributed by atoms with Crippen LogP contribution in [0.1, 0.15) is 43.9 Å². The monoisotopic (exact) mass is 277 g/mol. The fourth-order valence-electron chi connectivity index (χ4n) is 3.00. The molecule has 1 atom stereocenters. The lowest BCUT2D eigenvalue weighted by atomic mass is 9.86. The van der Waals surface area contributed by atoms with Gasteiger partial charge in [-0.3, -0.25) is 0 Å². The van der Waals surface area contributed by atoms with Crippen molar-refractivity contribution in [2.24, 2.45) is 5.92 Å². The summed E-state index contributed by atoms with van der Waals surface area (Å²) in [5, 5.41) is 3.66. The maximum Gasteiger partial charge on any atom is 0.124 e. The summed E-state index contributed by atoms with van der Waals surface area (Å²) in [4.78, 5) is 0. The highest BCUT2D eigenvalue weighted by molar-refractivity contribution is 5.39. The van der Waals surface area contributed by atoms with Gasteiger partial charge in [0.2, 0.25) is 0 Å². The first-order valence-corrected chi connectivity index (χ1v) is 7.80. The summed E-state index contributed by atoms with van der Waals surface area (Å²) in [6, 6.07) is 6.87. The zero-order valence-corrected chi connectivity index (χ0v) is 12.9. The van der Waals surface area contributed by atoms with Crippen LogP contribution >= 0.6 is 0 Å². The summed E-state index contributed by atoms with van der Waals surface area (Å²) >= 11 is 0. The molecule has 0 amide bonds. The average Bonchev–Trinajstić information content (AvgIpc) is 2.48. The smallest absolute Gasteiger partial charge is 0.124 e. The van der Waals surface area contributed by atoms with E-state index in [0.29, 0.717) is 18.6 Å². The topological polar surface area (TPSA) is 30.5 Å². The molecule has 1 aromatic carbocycles. The molecule has 1 aliphatic heterocycles. The third-order valence-corrected chi connectivity index (χ3v) is 3.96. The standard InChI is InChI=1S/C17H27NO2/c1-4-18-17(14-8-10-19-11-9-14)15-12-13(3)6-7-16(15)20-5-2/h6-7,12,14,17-18H,4-5,8-11H2,1-3H3. The van der Waals surface area contributed by atoms with Crippen molar-refractivity contribution in [2.45, 2.75) is 39.7 Å². The third kappa shape index (κ3) is 3.74. The van der Waals surface area contributed by atoms with Gasteiger partial charge in [0, 0.05) is 24.8 Å². The fourth-order valence-corrected chi connectivity index (χ4v) is 3.00. The Balaban J connectivity index is 2.28. The maximum absolute atomic E-state index is 5.84. The Morgan fingerprint density at radius 1 is 1.30 bits per heavy atom. The van der Waals surface area contributed by atoms with Crippen molar-refractivity contribution in [3.05, 3.63) is 29.3 Å². The van der Waals surface area contributed by atoms with E-state index in [1.54, 1.807) is 0 Å². The van der Waals surface area contributed by atoms with Gasteiger partial charge >= 0.3 is 0 Å². The highest BCUT2D eigenvalue weighted by Gasteiger charge is 2.27. The molecule has 112 valence electrons. The van der Waals surface area contributed by atoms with Gasteiger partial charge in [-0.25, -0.2) is 0 Å². The third-order valence-electron chi connectivity index (χ3n) is 3.96. The highest BCUT2D eigenvalue weighted by atomic mass is 16.5. The fraction of sp³-hybridized carbons (Fsp3) is 0.647. The lowest BCUT2D eigenvalue weighted by Crippen LogP contribution is -2.32. The van der Waals surface area contributed by atoms with Crippen LogP contribution in [-0.4, -0.2) is 26.4 Å². The molecule has 0 bridgehead atoms. The lowest BCUT2D eigenvalue weighted by Gasteiger charge is -2.32. The molecule has 2 rings (SSSR count). The van der Waals surface area contributed by atoms with Crippen LogP contribution in [0.15, 0.2) is 18.2 Å². The van der Waals surface area contributed by atoms with E-state index in [2.05, 4.69) is 37.4 Å². The predicted octanol–water partition coefficient (Wildman–Crippen LogP) is 3.47. The van der Waals surface area contributed by atoms with Crippen molar-refractivity contribution >= 4 is 0 Å². The van der Waals surface area contributed by atoms with Crippen LogP contribution in [-0.2, 0) is 4.74 Å². The SMILES string of the molecule is CCNC(c1cc(C)ccc1OCC)C1CCOCC1. The average molecular weight is 277 g/mol. The van der Waals surface area contributed by atoms with Crippen molar-refractivity contribution in [1.29, 1.82) is 0 Å². The molecular weight excluding hydrogens is 250 g/mol. The minimum atomic E-state index is 0.366. The van der Waals surface area contributed by atoms with Crippen LogP contribution in [0.3, 0.4) is 0 Å². The Bertz CT molecular complexity index is 413. The molecule has 3 nitrogen and oxygen atoms in total. The first-order chi connectivity index (χ1) is 9.76. The largest absolute Gasteiger partial charge is 0.494 e. The molecule has 1 heterocycles. The molecule has 1 saturated heterocycles. The quantitative estimate of drug-likeness (QED) is 0.863. The molecule has 1 N–H and O–H groups in total. The number of aryl methyl sites for hydroxylation is 1. The van der Waals surface area contributed by atoms with Crippen molar-refractivity contribution in [1.82, 2.24) is 5.32 Å². The number of rotatable bonds is 6. The first kappa shape index (κ1) is 15.3. The molecular formula is C17H27NO2. The summed E-state index contributed by atoms with van der Waals surface area (Å²) in [6.07, 6.45) is 2.24. The molecule has 0 aliphatic carbocycles. The molecule has 1 unspecified atom stereocenters. The van der Waals surface area contributed by atoms with Gasteiger partial charge in [0.15, 0.2) is 0 Å². The molecule has 1 aliphatic rings. The summed E-state index contributed by atoms with van der Waals surface area (Å²) < 4.78 is 11.3. The van der Waals surface area contributed by atoms with Gasteiger partial charge < -0.3 is 14.8 Å².